The van der Waals surface area contributed by atoms with E-state index in [-0.39, 0.29) is 24.0 Å². The van der Waals surface area contributed by atoms with E-state index in [1.54, 1.807) is 0 Å². The summed E-state index contributed by atoms with van der Waals surface area (Å²) in [5.74, 6) is 1.76. The van der Waals surface area contributed by atoms with Gasteiger partial charge in [0, 0.05) is 45.3 Å². The summed E-state index contributed by atoms with van der Waals surface area (Å²) in [5.41, 5.74) is 3.46. The molecule has 0 spiro atoms. The number of hydrogen-bond donors (Lipinski definition) is 2. The number of ether oxygens (including phenoxy) is 1. The van der Waals surface area contributed by atoms with E-state index >= 15 is 0 Å². The Morgan fingerprint density at radius 3 is 2.62 bits per heavy atom. The molecule has 0 radical (unpaired) electrons. The number of nitrogens with one attached hydrogen (secondary N) is 2. The molecule has 1 aromatic carbocycles. The summed E-state index contributed by atoms with van der Waals surface area (Å²) in [6.07, 6.45) is 2.76. The Bertz CT molecular complexity index is 1000. The number of nitrogens with zero attached hydrogens (tertiary/aromatic N) is 5. The smallest absolute Gasteiger partial charge is 0.191 e. The van der Waals surface area contributed by atoms with E-state index < -0.39 is 0 Å². The lowest BCUT2D eigenvalue weighted by Crippen LogP contribution is -2.38. The highest BCUT2D eigenvalue weighted by atomic mass is 127. The second kappa shape index (κ2) is 12.7. The van der Waals surface area contributed by atoms with Crippen LogP contribution in [0.3, 0.4) is 0 Å². The topological polar surface area (TPSA) is 79.1 Å². The van der Waals surface area contributed by atoms with Crippen LogP contribution < -0.4 is 10.6 Å². The number of aliphatic imine (C=N–C) groups is 1. The highest BCUT2D eigenvalue weighted by Crippen LogP contribution is 2.14. The summed E-state index contributed by atoms with van der Waals surface area (Å²) < 4.78 is 7.49. The Hall–Kier alpha value is -2.24. The standard InChI is InChI=1S/C23H31N7O.HI/c1-2-24-23(25-11-10-22-28-27-21-9-5-6-12-30(21)22)26-17-19-7-3-4-8-20(19)18-29-13-15-31-16-14-29;/h3-9,12H,2,10-11,13-18H2,1H3,(H2,24,25,26);1H. The van der Waals surface area contributed by atoms with Gasteiger partial charge in [-0.25, -0.2) is 4.99 Å². The van der Waals surface area contributed by atoms with Crippen LogP contribution in [-0.4, -0.2) is 64.9 Å². The van der Waals surface area contributed by atoms with Crippen molar-refractivity contribution in [3.63, 3.8) is 0 Å². The first-order valence-corrected chi connectivity index (χ1v) is 11.0. The zero-order valence-electron chi connectivity index (χ0n) is 18.5. The summed E-state index contributed by atoms with van der Waals surface area (Å²) in [7, 11) is 0. The van der Waals surface area contributed by atoms with Gasteiger partial charge >= 0.3 is 0 Å². The summed E-state index contributed by atoms with van der Waals surface area (Å²) >= 11 is 0. The van der Waals surface area contributed by atoms with E-state index in [0.717, 1.165) is 69.8 Å². The number of rotatable bonds is 8. The lowest BCUT2D eigenvalue weighted by molar-refractivity contribution is 0.0341. The number of halogens is 1. The van der Waals surface area contributed by atoms with Gasteiger partial charge in [0.2, 0.25) is 0 Å². The largest absolute Gasteiger partial charge is 0.379 e. The third-order valence-electron chi connectivity index (χ3n) is 5.39. The van der Waals surface area contributed by atoms with Crippen molar-refractivity contribution < 1.29 is 4.74 Å². The summed E-state index contributed by atoms with van der Waals surface area (Å²) in [6, 6.07) is 14.5. The van der Waals surface area contributed by atoms with Crippen LogP contribution in [0.1, 0.15) is 23.9 Å². The Morgan fingerprint density at radius 1 is 1.03 bits per heavy atom. The first-order chi connectivity index (χ1) is 15.3. The number of morpholine rings is 1. The number of aromatic nitrogens is 3. The number of pyridine rings is 1. The maximum Gasteiger partial charge on any atom is 0.191 e. The quantitative estimate of drug-likeness (QED) is 0.256. The highest BCUT2D eigenvalue weighted by molar-refractivity contribution is 14.0. The lowest BCUT2D eigenvalue weighted by atomic mass is 10.1. The maximum absolute atomic E-state index is 5.47. The molecule has 0 bridgehead atoms. The first-order valence-electron chi connectivity index (χ1n) is 11.0. The summed E-state index contributed by atoms with van der Waals surface area (Å²) in [4.78, 5) is 7.27. The SMILES string of the molecule is CCNC(=NCc1ccccc1CN1CCOCC1)NCCc1nnc2ccccn12.I. The van der Waals surface area contributed by atoms with Crippen molar-refractivity contribution >= 4 is 35.6 Å². The fourth-order valence-electron chi connectivity index (χ4n) is 3.73. The monoisotopic (exact) mass is 549 g/mol. The predicted molar refractivity (Wildman–Crippen MR) is 137 cm³/mol. The number of guanidine groups is 1. The van der Waals surface area contributed by atoms with Gasteiger partial charge in [0.1, 0.15) is 5.82 Å². The van der Waals surface area contributed by atoms with Gasteiger partial charge in [-0.3, -0.25) is 9.30 Å². The summed E-state index contributed by atoms with van der Waals surface area (Å²) in [6.45, 7) is 8.81. The third kappa shape index (κ3) is 6.63. The van der Waals surface area contributed by atoms with E-state index in [4.69, 9.17) is 9.73 Å². The molecule has 32 heavy (non-hydrogen) atoms. The van der Waals surface area contributed by atoms with E-state index in [1.807, 2.05) is 28.8 Å². The molecule has 0 aliphatic carbocycles. The molecule has 1 saturated heterocycles. The third-order valence-corrected chi connectivity index (χ3v) is 5.39. The van der Waals surface area contributed by atoms with E-state index in [9.17, 15) is 0 Å². The number of benzene rings is 1. The number of fused-ring (bicyclic) bond motifs is 1. The molecule has 172 valence electrons. The van der Waals surface area contributed by atoms with Gasteiger partial charge in [-0.2, -0.15) is 0 Å². The van der Waals surface area contributed by atoms with Crippen molar-refractivity contribution in [3.05, 3.63) is 65.6 Å². The minimum Gasteiger partial charge on any atom is -0.379 e. The van der Waals surface area contributed by atoms with Crippen molar-refractivity contribution in [2.24, 2.45) is 4.99 Å². The molecular weight excluding hydrogens is 517 g/mol. The fourth-order valence-corrected chi connectivity index (χ4v) is 3.73. The molecular formula is C23H32IN7O. The highest BCUT2D eigenvalue weighted by Gasteiger charge is 2.12. The van der Waals surface area contributed by atoms with Crippen LogP contribution in [0, 0.1) is 0 Å². The Labute approximate surface area is 206 Å². The normalized spacial score (nSPS) is 14.8. The molecule has 2 aromatic heterocycles. The summed E-state index contributed by atoms with van der Waals surface area (Å²) in [5, 5.41) is 15.3. The van der Waals surface area contributed by atoms with Crippen LogP contribution in [-0.2, 0) is 24.2 Å². The molecule has 0 atom stereocenters. The second-order valence-corrected chi connectivity index (χ2v) is 7.57. The minimum atomic E-state index is 0. The van der Waals surface area contributed by atoms with Crippen molar-refractivity contribution in [2.75, 3.05) is 39.4 Å². The van der Waals surface area contributed by atoms with Gasteiger partial charge in [-0.1, -0.05) is 30.3 Å². The Balaban J connectivity index is 0.00000289. The zero-order chi connectivity index (χ0) is 21.3. The van der Waals surface area contributed by atoms with E-state index in [0.29, 0.717) is 6.54 Å². The van der Waals surface area contributed by atoms with E-state index in [1.165, 1.54) is 11.1 Å². The van der Waals surface area contributed by atoms with Gasteiger partial charge in [0.25, 0.3) is 0 Å². The van der Waals surface area contributed by atoms with Crippen LogP contribution in [0.4, 0.5) is 0 Å². The predicted octanol–water partition coefficient (Wildman–Crippen LogP) is 2.48. The van der Waals surface area contributed by atoms with Crippen LogP contribution >= 0.6 is 24.0 Å². The molecule has 8 nitrogen and oxygen atoms in total. The van der Waals surface area contributed by atoms with Gasteiger partial charge in [-0.15, -0.1) is 34.2 Å². The Morgan fingerprint density at radius 2 is 1.81 bits per heavy atom. The van der Waals surface area contributed by atoms with E-state index in [2.05, 4.69) is 56.9 Å². The molecule has 1 fully saturated rings. The molecule has 2 N–H and O–H groups in total. The van der Waals surface area contributed by atoms with Crippen LogP contribution in [0.5, 0.6) is 0 Å². The van der Waals surface area contributed by atoms with Crippen molar-refractivity contribution in [2.45, 2.75) is 26.4 Å². The molecule has 0 saturated carbocycles. The molecule has 3 heterocycles. The van der Waals surface area contributed by atoms with Gasteiger partial charge in [0.15, 0.2) is 11.6 Å². The second-order valence-electron chi connectivity index (χ2n) is 7.57. The molecule has 0 unspecified atom stereocenters. The average molecular weight is 549 g/mol. The molecule has 0 amide bonds. The fraction of sp³-hybridized carbons (Fsp3) is 0.435. The van der Waals surface area contributed by atoms with Gasteiger partial charge in [-0.05, 0) is 30.2 Å². The number of hydrogen-bond acceptors (Lipinski definition) is 5. The van der Waals surface area contributed by atoms with Crippen molar-refractivity contribution in [1.82, 2.24) is 30.1 Å². The van der Waals surface area contributed by atoms with Crippen LogP contribution in [0.15, 0.2) is 53.7 Å². The maximum atomic E-state index is 5.47. The molecule has 4 rings (SSSR count). The Kier molecular flexibility index (Phi) is 9.69. The van der Waals surface area contributed by atoms with Gasteiger partial charge < -0.3 is 15.4 Å². The first kappa shape index (κ1) is 24.4. The van der Waals surface area contributed by atoms with Crippen LogP contribution in [0.25, 0.3) is 5.65 Å². The molecule has 1 aliphatic heterocycles. The lowest BCUT2D eigenvalue weighted by Gasteiger charge is -2.27. The molecule has 3 aromatic rings. The zero-order valence-corrected chi connectivity index (χ0v) is 20.9. The average Bonchev–Trinajstić information content (AvgIpc) is 3.22. The van der Waals surface area contributed by atoms with Crippen LogP contribution in [0.2, 0.25) is 0 Å². The van der Waals surface area contributed by atoms with Gasteiger partial charge in [0.05, 0.1) is 19.8 Å². The minimum absolute atomic E-state index is 0. The van der Waals surface area contributed by atoms with Crippen molar-refractivity contribution in [1.29, 1.82) is 0 Å². The van der Waals surface area contributed by atoms with Crippen molar-refractivity contribution in [3.8, 4) is 0 Å². The molecule has 9 heteroatoms. The molecule has 1 aliphatic rings.